The maximum atomic E-state index is 11.9. The minimum Gasteiger partial charge on any atom is -0.481 e. The number of nitrogens with zero attached hydrogens (tertiary/aromatic N) is 2. The van der Waals surface area contributed by atoms with Crippen LogP contribution in [-0.4, -0.2) is 27.0 Å². The number of rotatable bonds is 4. The third-order valence-electron chi connectivity index (χ3n) is 3.53. The number of carbonyl (C=O) groups excluding carboxylic acids is 1. The molecular weight excluding hydrogens is 246 g/mol. The van der Waals surface area contributed by atoms with E-state index in [0.717, 1.165) is 5.69 Å². The zero-order chi connectivity index (χ0) is 13.7. The average Bonchev–Trinajstić information content (AvgIpc) is 2.46. The molecule has 1 aromatic rings. The highest BCUT2D eigenvalue weighted by Crippen LogP contribution is 2.28. The molecular formula is C13H17N3O3. The van der Waals surface area contributed by atoms with Crippen LogP contribution in [0.3, 0.4) is 0 Å². The Bertz CT molecular complexity index is 442. The molecule has 102 valence electrons. The molecule has 1 saturated carbocycles. The van der Waals surface area contributed by atoms with Crippen molar-refractivity contribution in [1.29, 1.82) is 0 Å². The predicted molar refractivity (Wildman–Crippen MR) is 67.0 cm³/mol. The van der Waals surface area contributed by atoms with Crippen LogP contribution in [0.15, 0.2) is 18.6 Å². The summed E-state index contributed by atoms with van der Waals surface area (Å²) in [5, 5.41) is 11.7. The van der Waals surface area contributed by atoms with Crippen LogP contribution in [0, 0.1) is 11.8 Å². The number of aromatic nitrogens is 2. The fourth-order valence-corrected chi connectivity index (χ4v) is 2.35. The minimum absolute atomic E-state index is 0.0116. The molecule has 6 heteroatoms. The third kappa shape index (κ3) is 3.74. The molecule has 0 radical (unpaired) electrons. The molecule has 2 rings (SSSR count). The molecule has 1 aromatic heterocycles. The van der Waals surface area contributed by atoms with Crippen molar-refractivity contribution >= 4 is 11.9 Å². The molecule has 1 fully saturated rings. The Labute approximate surface area is 111 Å². The first-order chi connectivity index (χ1) is 9.16. The van der Waals surface area contributed by atoms with Crippen molar-refractivity contribution in [3.05, 3.63) is 24.3 Å². The lowest BCUT2D eigenvalue weighted by Gasteiger charge is -2.25. The number of carboxylic acid groups (broad SMARTS) is 1. The van der Waals surface area contributed by atoms with E-state index in [0.29, 0.717) is 32.2 Å². The smallest absolute Gasteiger partial charge is 0.306 e. The standard InChI is InChI=1S/C13H17N3O3/c17-12(15-7-11-5-6-14-8-16-11)9-1-3-10(4-2-9)13(18)19/h5-6,8-10H,1-4,7H2,(H,15,17)(H,18,19). The van der Waals surface area contributed by atoms with Crippen LogP contribution < -0.4 is 5.32 Å². The number of hydrogen-bond acceptors (Lipinski definition) is 4. The van der Waals surface area contributed by atoms with Gasteiger partial charge in [0.1, 0.15) is 6.33 Å². The summed E-state index contributed by atoms with van der Waals surface area (Å²) in [5.41, 5.74) is 0.766. The molecule has 1 aliphatic rings. The van der Waals surface area contributed by atoms with Crippen LogP contribution in [0.1, 0.15) is 31.4 Å². The second kappa shape index (κ2) is 6.26. The van der Waals surface area contributed by atoms with E-state index >= 15 is 0 Å². The van der Waals surface area contributed by atoms with E-state index in [9.17, 15) is 9.59 Å². The van der Waals surface area contributed by atoms with Gasteiger partial charge in [0, 0.05) is 12.1 Å². The summed E-state index contributed by atoms with van der Waals surface area (Å²) < 4.78 is 0. The predicted octanol–water partition coefficient (Wildman–Crippen LogP) is 0.984. The Morgan fingerprint density at radius 3 is 2.53 bits per heavy atom. The topological polar surface area (TPSA) is 92.2 Å². The lowest BCUT2D eigenvalue weighted by Crippen LogP contribution is -2.34. The normalized spacial score (nSPS) is 22.7. The van der Waals surface area contributed by atoms with Crippen LogP contribution in [-0.2, 0) is 16.1 Å². The van der Waals surface area contributed by atoms with Crippen molar-refractivity contribution < 1.29 is 14.7 Å². The highest BCUT2D eigenvalue weighted by atomic mass is 16.4. The number of carboxylic acids is 1. The van der Waals surface area contributed by atoms with Gasteiger partial charge in [-0.05, 0) is 31.7 Å². The van der Waals surface area contributed by atoms with Crippen molar-refractivity contribution in [3.63, 3.8) is 0 Å². The summed E-state index contributed by atoms with van der Waals surface area (Å²) in [6.45, 7) is 0.389. The largest absolute Gasteiger partial charge is 0.481 e. The summed E-state index contributed by atoms with van der Waals surface area (Å²) in [4.78, 5) is 30.6. The molecule has 0 spiro atoms. The Balaban J connectivity index is 1.77. The van der Waals surface area contributed by atoms with Crippen LogP contribution in [0.25, 0.3) is 0 Å². The van der Waals surface area contributed by atoms with Gasteiger partial charge in [0.05, 0.1) is 18.2 Å². The monoisotopic (exact) mass is 263 g/mol. The van der Waals surface area contributed by atoms with E-state index in [-0.39, 0.29) is 17.7 Å². The summed E-state index contributed by atoms with van der Waals surface area (Å²) in [7, 11) is 0. The molecule has 1 aliphatic carbocycles. The molecule has 0 saturated heterocycles. The lowest BCUT2D eigenvalue weighted by molar-refractivity contribution is -0.144. The summed E-state index contributed by atoms with van der Waals surface area (Å²) in [5.74, 6) is -1.12. The van der Waals surface area contributed by atoms with E-state index < -0.39 is 5.97 Å². The zero-order valence-electron chi connectivity index (χ0n) is 10.6. The van der Waals surface area contributed by atoms with Gasteiger partial charge in [-0.2, -0.15) is 0 Å². The molecule has 0 unspecified atom stereocenters. The molecule has 2 N–H and O–H groups in total. The lowest BCUT2D eigenvalue weighted by atomic mass is 9.81. The SMILES string of the molecule is O=C(O)C1CCC(C(=O)NCc2ccncn2)CC1. The first kappa shape index (κ1) is 13.5. The number of carbonyl (C=O) groups is 2. The van der Waals surface area contributed by atoms with Gasteiger partial charge < -0.3 is 10.4 Å². The van der Waals surface area contributed by atoms with Gasteiger partial charge in [-0.25, -0.2) is 9.97 Å². The summed E-state index contributed by atoms with van der Waals surface area (Å²) >= 11 is 0. The summed E-state index contributed by atoms with van der Waals surface area (Å²) in [6.07, 6.45) is 5.53. The highest BCUT2D eigenvalue weighted by molar-refractivity contribution is 5.79. The fraction of sp³-hybridized carbons (Fsp3) is 0.538. The highest BCUT2D eigenvalue weighted by Gasteiger charge is 2.29. The Morgan fingerprint density at radius 2 is 1.95 bits per heavy atom. The molecule has 1 heterocycles. The van der Waals surface area contributed by atoms with Gasteiger partial charge in [0.2, 0.25) is 5.91 Å². The molecule has 0 aliphatic heterocycles. The molecule has 1 amide bonds. The first-order valence-corrected chi connectivity index (χ1v) is 6.42. The van der Waals surface area contributed by atoms with E-state index in [1.807, 2.05) is 0 Å². The van der Waals surface area contributed by atoms with Crippen molar-refractivity contribution in [3.8, 4) is 0 Å². The Morgan fingerprint density at radius 1 is 1.26 bits per heavy atom. The minimum atomic E-state index is -0.750. The number of hydrogen-bond donors (Lipinski definition) is 2. The van der Waals surface area contributed by atoms with Crippen LogP contribution in [0.4, 0.5) is 0 Å². The van der Waals surface area contributed by atoms with E-state index in [2.05, 4.69) is 15.3 Å². The quantitative estimate of drug-likeness (QED) is 0.845. The second-order valence-corrected chi connectivity index (χ2v) is 4.81. The van der Waals surface area contributed by atoms with E-state index in [4.69, 9.17) is 5.11 Å². The zero-order valence-corrected chi connectivity index (χ0v) is 10.6. The maximum absolute atomic E-state index is 11.9. The fourth-order valence-electron chi connectivity index (χ4n) is 2.35. The van der Waals surface area contributed by atoms with E-state index in [1.165, 1.54) is 6.33 Å². The first-order valence-electron chi connectivity index (χ1n) is 6.42. The number of aliphatic carboxylic acids is 1. The van der Waals surface area contributed by atoms with Crippen LogP contribution >= 0.6 is 0 Å². The second-order valence-electron chi connectivity index (χ2n) is 4.81. The van der Waals surface area contributed by atoms with Gasteiger partial charge in [-0.15, -0.1) is 0 Å². The van der Waals surface area contributed by atoms with Crippen molar-refractivity contribution in [2.75, 3.05) is 0 Å². The Kier molecular flexibility index (Phi) is 4.43. The molecule has 0 aromatic carbocycles. The van der Waals surface area contributed by atoms with Crippen LogP contribution in [0.5, 0.6) is 0 Å². The van der Waals surface area contributed by atoms with Crippen molar-refractivity contribution in [1.82, 2.24) is 15.3 Å². The summed E-state index contributed by atoms with van der Waals surface area (Å²) in [6, 6.07) is 1.75. The van der Waals surface area contributed by atoms with Gasteiger partial charge in [-0.3, -0.25) is 9.59 Å². The van der Waals surface area contributed by atoms with Gasteiger partial charge in [-0.1, -0.05) is 0 Å². The van der Waals surface area contributed by atoms with Crippen molar-refractivity contribution in [2.24, 2.45) is 11.8 Å². The maximum Gasteiger partial charge on any atom is 0.306 e. The molecule has 0 bridgehead atoms. The molecule has 19 heavy (non-hydrogen) atoms. The third-order valence-corrected chi connectivity index (χ3v) is 3.53. The van der Waals surface area contributed by atoms with Gasteiger partial charge in [0.25, 0.3) is 0 Å². The van der Waals surface area contributed by atoms with Gasteiger partial charge >= 0.3 is 5.97 Å². The number of nitrogens with one attached hydrogen (secondary N) is 1. The number of amides is 1. The van der Waals surface area contributed by atoms with Crippen molar-refractivity contribution in [2.45, 2.75) is 32.2 Å². The Hall–Kier alpha value is -1.98. The van der Waals surface area contributed by atoms with Crippen LogP contribution in [0.2, 0.25) is 0 Å². The molecule has 6 nitrogen and oxygen atoms in total. The van der Waals surface area contributed by atoms with E-state index in [1.54, 1.807) is 12.3 Å². The molecule has 0 atom stereocenters. The van der Waals surface area contributed by atoms with Gasteiger partial charge in [0.15, 0.2) is 0 Å². The average molecular weight is 263 g/mol.